The molecular weight excluding hydrogens is 400 g/mol. The van der Waals surface area contributed by atoms with Crippen LogP contribution in [0.1, 0.15) is 15.9 Å². The monoisotopic (exact) mass is 422 g/mol. The van der Waals surface area contributed by atoms with Crippen molar-refractivity contribution in [1.29, 1.82) is 0 Å². The first-order valence-corrected chi connectivity index (χ1v) is 9.74. The van der Waals surface area contributed by atoms with E-state index in [1.54, 1.807) is 36.4 Å². The number of aromatic nitrogens is 1. The van der Waals surface area contributed by atoms with Gasteiger partial charge in [-0.15, -0.1) is 0 Å². The topological polar surface area (TPSA) is 95.9 Å². The van der Waals surface area contributed by atoms with Crippen molar-refractivity contribution in [3.63, 3.8) is 0 Å². The fraction of sp³-hybridized carbons (Fsp3) is 0.261. The van der Waals surface area contributed by atoms with Gasteiger partial charge in [0.2, 0.25) is 5.91 Å². The summed E-state index contributed by atoms with van der Waals surface area (Å²) in [5, 5.41) is 3.39. The zero-order chi connectivity index (χ0) is 22.1. The summed E-state index contributed by atoms with van der Waals surface area (Å²) in [6.45, 7) is 0.415. The number of hydrogen-bond acceptors (Lipinski definition) is 6. The second-order valence-corrected chi connectivity index (χ2v) is 7.06. The number of nitrogens with one attached hydrogen (secondary N) is 1. The molecule has 0 radical (unpaired) electrons. The van der Waals surface area contributed by atoms with Gasteiger partial charge in [0.15, 0.2) is 17.3 Å². The number of hydrogen-bond donors (Lipinski definition) is 1. The molecular formula is C23H22N2O6. The van der Waals surface area contributed by atoms with Gasteiger partial charge in [0, 0.05) is 30.2 Å². The van der Waals surface area contributed by atoms with E-state index in [1.807, 2.05) is 0 Å². The average Bonchev–Trinajstić information content (AvgIpc) is 3.08. The van der Waals surface area contributed by atoms with E-state index in [-0.39, 0.29) is 29.4 Å². The molecule has 0 unspecified atom stereocenters. The Morgan fingerprint density at radius 2 is 1.74 bits per heavy atom. The Balaban J connectivity index is 2.02. The fourth-order valence-electron chi connectivity index (χ4n) is 4.02. The standard InChI is InChI=1S/C23H22N2O6/c1-29-11-10-24-17(26)12-25-20-13-6-4-5-7-14(13)21(27)18(20)15-8-9-16(30-2)22(31-3)19(15)23(25)28/h4-9H,10-12H2,1-3H3,(H,24,26). The number of amides is 1. The molecule has 31 heavy (non-hydrogen) atoms. The summed E-state index contributed by atoms with van der Waals surface area (Å²) in [5.41, 5.74) is 1.50. The SMILES string of the molecule is COCCNC(=O)Cn1c2c(c3ccc(OC)c(OC)c3c1=O)C(=O)c1ccccc1-2. The number of rotatable bonds is 7. The first-order chi connectivity index (χ1) is 15.0. The van der Waals surface area contributed by atoms with Gasteiger partial charge < -0.3 is 19.5 Å². The third kappa shape index (κ3) is 3.25. The summed E-state index contributed by atoms with van der Waals surface area (Å²) in [7, 11) is 4.44. The molecule has 0 atom stereocenters. The largest absolute Gasteiger partial charge is 0.493 e. The second-order valence-electron chi connectivity index (χ2n) is 7.06. The lowest BCUT2D eigenvalue weighted by Gasteiger charge is -2.17. The third-order valence-corrected chi connectivity index (χ3v) is 5.36. The predicted octanol–water partition coefficient (Wildman–Crippen LogP) is 1.99. The Morgan fingerprint density at radius 1 is 1.00 bits per heavy atom. The summed E-state index contributed by atoms with van der Waals surface area (Å²) in [6.07, 6.45) is 0. The summed E-state index contributed by atoms with van der Waals surface area (Å²) >= 11 is 0. The number of carbonyl (C=O) groups is 2. The third-order valence-electron chi connectivity index (χ3n) is 5.36. The normalized spacial score (nSPS) is 11.9. The maximum Gasteiger partial charge on any atom is 0.263 e. The second kappa shape index (κ2) is 8.23. The van der Waals surface area contributed by atoms with Gasteiger partial charge in [0.25, 0.3) is 5.56 Å². The average molecular weight is 422 g/mol. The number of pyridine rings is 1. The van der Waals surface area contributed by atoms with Crippen LogP contribution in [-0.2, 0) is 16.1 Å². The minimum Gasteiger partial charge on any atom is -0.493 e. The van der Waals surface area contributed by atoms with Crippen LogP contribution in [0.15, 0.2) is 41.2 Å². The van der Waals surface area contributed by atoms with E-state index in [1.165, 1.54) is 25.9 Å². The molecule has 0 saturated heterocycles. The van der Waals surface area contributed by atoms with Crippen molar-refractivity contribution in [2.75, 3.05) is 34.5 Å². The van der Waals surface area contributed by atoms with Crippen molar-refractivity contribution in [2.45, 2.75) is 6.54 Å². The summed E-state index contributed by atoms with van der Waals surface area (Å²) < 4.78 is 17.1. The van der Waals surface area contributed by atoms with E-state index in [4.69, 9.17) is 14.2 Å². The maximum atomic E-state index is 13.6. The van der Waals surface area contributed by atoms with Crippen LogP contribution in [0.5, 0.6) is 11.5 Å². The molecule has 1 amide bonds. The van der Waals surface area contributed by atoms with E-state index in [9.17, 15) is 14.4 Å². The van der Waals surface area contributed by atoms with Crippen molar-refractivity contribution in [3.05, 3.63) is 57.9 Å². The maximum absolute atomic E-state index is 13.6. The van der Waals surface area contributed by atoms with Crippen LogP contribution in [0.2, 0.25) is 0 Å². The Hall–Kier alpha value is -3.65. The molecule has 3 aromatic rings. The quantitative estimate of drug-likeness (QED) is 0.458. The van der Waals surface area contributed by atoms with Crippen molar-refractivity contribution in [2.24, 2.45) is 0 Å². The van der Waals surface area contributed by atoms with E-state index in [2.05, 4.69) is 5.32 Å². The molecule has 0 aliphatic heterocycles. The molecule has 1 N–H and O–H groups in total. The fourth-order valence-corrected chi connectivity index (χ4v) is 4.02. The molecule has 0 fully saturated rings. The molecule has 1 aliphatic rings. The molecule has 8 heteroatoms. The zero-order valence-electron chi connectivity index (χ0n) is 17.5. The Bertz CT molecular complexity index is 1260. The summed E-state index contributed by atoms with van der Waals surface area (Å²) in [5.74, 6) is 0.0342. The molecule has 0 spiro atoms. The molecule has 1 aliphatic carbocycles. The van der Waals surface area contributed by atoms with Crippen LogP contribution >= 0.6 is 0 Å². The molecule has 1 heterocycles. The lowest BCUT2D eigenvalue weighted by molar-refractivity contribution is -0.121. The highest BCUT2D eigenvalue weighted by Gasteiger charge is 2.34. The molecule has 8 nitrogen and oxygen atoms in total. The van der Waals surface area contributed by atoms with Gasteiger partial charge in [0.05, 0.1) is 37.5 Å². The van der Waals surface area contributed by atoms with Crippen LogP contribution in [0.25, 0.3) is 22.0 Å². The van der Waals surface area contributed by atoms with E-state index in [0.717, 1.165) is 0 Å². The Morgan fingerprint density at radius 3 is 2.42 bits per heavy atom. The smallest absolute Gasteiger partial charge is 0.263 e. The van der Waals surface area contributed by atoms with Gasteiger partial charge in [-0.1, -0.05) is 24.3 Å². The molecule has 2 aromatic carbocycles. The molecule has 4 rings (SSSR count). The van der Waals surface area contributed by atoms with Crippen LogP contribution in [0.4, 0.5) is 0 Å². The van der Waals surface area contributed by atoms with Gasteiger partial charge in [-0.3, -0.25) is 19.0 Å². The number of fused-ring (bicyclic) bond motifs is 5. The van der Waals surface area contributed by atoms with Crippen molar-refractivity contribution >= 4 is 22.5 Å². The predicted molar refractivity (Wildman–Crippen MR) is 115 cm³/mol. The van der Waals surface area contributed by atoms with Crippen molar-refractivity contribution in [1.82, 2.24) is 9.88 Å². The zero-order valence-corrected chi connectivity index (χ0v) is 17.5. The minimum absolute atomic E-state index is 0.198. The lowest BCUT2D eigenvalue weighted by Crippen LogP contribution is -2.35. The number of methoxy groups -OCH3 is 3. The van der Waals surface area contributed by atoms with Crippen LogP contribution in [-0.4, -0.2) is 50.7 Å². The Kier molecular flexibility index (Phi) is 5.48. The highest BCUT2D eigenvalue weighted by atomic mass is 16.5. The molecule has 0 saturated carbocycles. The van der Waals surface area contributed by atoms with Gasteiger partial charge in [-0.25, -0.2) is 0 Å². The number of ketones is 1. The van der Waals surface area contributed by atoms with Crippen molar-refractivity contribution < 1.29 is 23.8 Å². The highest BCUT2D eigenvalue weighted by Crippen LogP contribution is 2.42. The number of ether oxygens (including phenoxy) is 3. The van der Waals surface area contributed by atoms with Gasteiger partial charge in [0.1, 0.15) is 6.54 Å². The van der Waals surface area contributed by atoms with Crippen molar-refractivity contribution in [3.8, 4) is 22.8 Å². The van der Waals surface area contributed by atoms with Crippen LogP contribution in [0, 0.1) is 0 Å². The Labute approximate surface area is 178 Å². The minimum atomic E-state index is -0.434. The van der Waals surface area contributed by atoms with Crippen LogP contribution < -0.4 is 20.3 Å². The highest BCUT2D eigenvalue weighted by molar-refractivity contribution is 6.27. The lowest BCUT2D eigenvalue weighted by atomic mass is 10.0. The molecule has 160 valence electrons. The van der Waals surface area contributed by atoms with E-state index < -0.39 is 5.56 Å². The van der Waals surface area contributed by atoms with Gasteiger partial charge in [-0.2, -0.15) is 0 Å². The van der Waals surface area contributed by atoms with Crippen LogP contribution in [0.3, 0.4) is 0 Å². The number of carbonyl (C=O) groups excluding carboxylic acids is 2. The van der Waals surface area contributed by atoms with E-state index in [0.29, 0.717) is 46.7 Å². The molecule has 1 aromatic heterocycles. The summed E-state index contributed by atoms with van der Waals surface area (Å²) in [4.78, 5) is 39.5. The van der Waals surface area contributed by atoms with Gasteiger partial charge in [-0.05, 0) is 12.1 Å². The molecule has 0 bridgehead atoms. The first kappa shape index (κ1) is 20.6. The number of benzene rings is 2. The summed E-state index contributed by atoms with van der Waals surface area (Å²) in [6, 6.07) is 10.4. The first-order valence-electron chi connectivity index (χ1n) is 9.74. The van der Waals surface area contributed by atoms with E-state index >= 15 is 0 Å². The van der Waals surface area contributed by atoms with Gasteiger partial charge >= 0.3 is 0 Å². The number of nitrogens with zero attached hydrogens (tertiary/aromatic N) is 1.